The fraction of sp³-hybridized carbons (Fsp3) is 1.00. The standard InChI is InChI=1S/C13H30N4O2S/c1-14-9-6-11-17(3)20(18,19)15-10-12-16(2)13-7-4-5-8-13/h13-15H,4-12H2,1-3H3. The lowest BCUT2D eigenvalue weighted by Crippen LogP contribution is -2.43. The van der Waals surface area contributed by atoms with Gasteiger partial charge < -0.3 is 10.2 Å². The molecule has 0 aliphatic heterocycles. The minimum atomic E-state index is -3.33. The Bertz CT molecular complexity index is 355. The summed E-state index contributed by atoms with van der Waals surface area (Å²) in [5, 5.41) is 3.02. The Kier molecular flexibility index (Phi) is 7.98. The Balaban J connectivity index is 2.24. The molecule has 0 atom stereocenters. The van der Waals surface area contributed by atoms with E-state index in [1.807, 2.05) is 7.05 Å². The number of rotatable bonds is 10. The van der Waals surface area contributed by atoms with E-state index in [-0.39, 0.29) is 0 Å². The zero-order valence-electron chi connectivity index (χ0n) is 13.1. The van der Waals surface area contributed by atoms with Crippen LogP contribution in [0, 0.1) is 0 Å². The number of hydrogen-bond acceptors (Lipinski definition) is 4. The Morgan fingerprint density at radius 2 is 1.75 bits per heavy atom. The molecule has 0 amide bonds. The first-order valence-electron chi connectivity index (χ1n) is 7.53. The van der Waals surface area contributed by atoms with Gasteiger partial charge in [0, 0.05) is 32.7 Å². The minimum Gasteiger partial charge on any atom is -0.320 e. The molecule has 7 heteroatoms. The van der Waals surface area contributed by atoms with E-state index in [1.165, 1.54) is 30.0 Å². The molecule has 0 heterocycles. The van der Waals surface area contributed by atoms with Crippen LogP contribution in [0.3, 0.4) is 0 Å². The van der Waals surface area contributed by atoms with Gasteiger partial charge in [-0.3, -0.25) is 0 Å². The fourth-order valence-corrected chi connectivity index (χ4v) is 3.53. The summed E-state index contributed by atoms with van der Waals surface area (Å²) >= 11 is 0. The topological polar surface area (TPSA) is 64.7 Å². The average Bonchev–Trinajstić information content (AvgIpc) is 2.92. The highest BCUT2D eigenvalue weighted by atomic mass is 32.2. The molecule has 1 rings (SSSR count). The van der Waals surface area contributed by atoms with E-state index in [0.29, 0.717) is 19.1 Å². The molecule has 20 heavy (non-hydrogen) atoms. The summed E-state index contributed by atoms with van der Waals surface area (Å²) < 4.78 is 28.1. The first-order chi connectivity index (χ1) is 9.47. The van der Waals surface area contributed by atoms with Crippen LogP contribution in [0.25, 0.3) is 0 Å². The van der Waals surface area contributed by atoms with Gasteiger partial charge in [-0.25, -0.2) is 4.72 Å². The molecule has 0 aromatic heterocycles. The quantitative estimate of drug-likeness (QED) is 0.567. The second-order valence-electron chi connectivity index (χ2n) is 5.60. The lowest BCUT2D eigenvalue weighted by atomic mass is 10.2. The molecule has 0 radical (unpaired) electrons. The van der Waals surface area contributed by atoms with Crippen molar-refractivity contribution < 1.29 is 8.42 Å². The van der Waals surface area contributed by atoms with Gasteiger partial charge in [0.25, 0.3) is 10.2 Å². The van der Waals surface area contributed by atoms with E-state index >= 15 is 0 Å². The van der Waals surface area contributed by atoms with Crippen molar-refractivity contribution in [3.8, 4) is 0 Å². The van der Waals surface area contributed by atoms with Gasteiger partial charge in [-0.1, -0.05) is 12.8 Å². The third kappa shape index (κ3) is 6.05. The number of nitrogens with zero attached hydrogens (tertiary/aromatic N) is 2. The van der Waals surface area contributed by atoms with Crippen LogP contribution in [-0.4, -0.2) is 71.0 Å². The van der Waals surface area contributed by atoms with Gasteiger partial charge in [-0.2, -0.15) is 12.7 Å². The summed E-state index contributed by atoms with van der Waals surface area (Å²) in [6.07, 6.45) is 5.90. The van der Waals surface area contributed by atoms with Crippen LogP contribution in [-0.2, 0) is 10.2 Å². The molecular weight excluding hydrogens is 276 g/mol. The maximum atomic E-state index is 12.0. The van der Waals surface area contributed by atoms with Crippen molar-refractivity contribution in [3.05, 3.63) is 0 Å². The van der Waals surface area contributed by atoms with E-state index in [2.05, 4.69) is 22.0 Å². The third-order valence-corrected chi connectivity index (χ3v) is 5.58. The number of hydrogen-bond donors (Lipinski definition) is 2. The first kappa shape index (κ1) is 17.8. The van der Waals surface area contributed by atoms with E-state index in [4.69, 9.17) is 0 Å². The highest BCUT2D eigenvalue weighted by Gasteiger charge is 2.20. The van der Waals surface area contributed by atoms with Crippen molar-refractivity contribution in [2.45, 2.75) is 38.1 Å². The highest BCUT2D eigenvalue weighted by molar-refractivity contribution is 7.87. The van der Waals surface area contributed by atoms with E-state index in [1.54, 1.807) is 7.05 Å². The normalized spacial score (nSPS) is 17.4. The molecule has 1 fully saturated rings. The molecule has 6 nitrogen and oxygen atoms in total. The molecule has 0 aromatic carbocycles. The van der Waals surface area contributed by atoms with Gasteiger partial charge in [-0.05, 0) is 39.9 Å². The summed E-state index contributed by atoms with van der Waals surface area (Å²) in [6.45, 7) is 2.61. The van der Waals surface area contributed by atoms with Crippen LogP contribution >= 0.6 is 0 Å². The Labute approximate surface area is 124 Å². The molecule has 1 saturated carbocycles. The Morgan fingerprint density at radius 1 is 1.10 bits per heavy atom. The van der Waals surface area contributed by atoms with Crippen molar-refractivity contribution >= 4 is 10.2 Å². The lowest BCUT2D eigenvalue weighted by molar-refractivity contribution is 0.249. The Hall–Kier alpha value is -0.210. The van der Waals surface area contributed by atoms with E-state index in [0.717, 1.165) is 19.5 Å². The lowest BCUT2D eigenvalue weighted by Gasteiger charge is -2.24. The van der Waals surface area contributed by atoms with Crippen LogP contribution in [0.1, 0.15) is 32.1 Å². The van der Waals surface area contributed by atoms with Crippen LogP contribution in [0.2, 0.25) is 0 Å². The molecule has 0 saturated heterocycles. The van der Waals surface area contributed by atoms with Gasteiger partial charge in [0.1, 0.15) is 0 Å². The van der Waals surface area contributed by atoms with E-state index < -0.39 is 10.2 Å². The molecule has 0 bridgehead atoms. The first-order valence-corrected chi connectivity index (χ1v) is 8.97. The summed E-state index contributed by atoms with van der Waals surface area (Å²) in [6, 6.07) is 0.632. The van der Waals surface area contributed by atoms with E-state index in [9.17, 15) is 8.42 Å². The second-order valence-corrected chi connectivity index (χ2v) is 7.46. The predicted octanol–water partition coefficient (Wildman–Crippen LogP) is 0.237. The molecule has 0 unspecified atom stereocenters. The van der Waals surface area contributed by atoms with Gasteiger partial charge >= 0.3 is 0 Å². The van der Waals surface area contributed by atoms with Crippen molar-refractivity contribution in [3.63, 3.8) is 0 Å². The summed E-state index contributed by atoms with van der Waals surface area (Å²) in [7, 11) is 2.24. The summed E-state index contributed by atoms with van der Waals surface area (Å²) in [5.74, 6) is 0. The van der Waals surface area contributed by atoms with Crippen LogP contribution in [0.4, 0.5) is 0 Å². The smallest absolute Gasteiger partial charge is 0.279 e. The van der Waals surface area contributed by atoms with Gasteiger partial charge in [0.15, 0.2) is 0 Å². The summed E-state index contributed by atoms with van der Waals surface area (Å²) in [4.78, 5) is 2.27. The number of likely N-dealkylation sites (N-methyl/N-ethyl adjacent to an activating group) is 1. The van der Waals surface area contributed by atoms with Crippen LogP contribution < -0.4 is 10.0 Å². The molecule has 2 N–H and O–H groups in total. The highest BCUT2D eigenvalue weighted by Crippen LogP contribution is 2.21. The maximum Gasteiger partial charge on any atom is 0.279 e. The monoisotopic (exact) mass is 306 g/mol. The molecule has 0 spiro atoms. The molecule has 0 aromatic rings. The summed E-state index contributed by atoms with van der Waals surface area (Å²) in [5.41, 5.74) is 0. The zero-order valence-corrected chi connectivity index (χ0v) is 13.9. The fourth-order valence-electron chi connectivity index (χ4n) is 2.59. The molecule has 1 aliphatic rings. The average molecular weight is 306 g/mol. The zero-order chi connectivity index (χ0) is 15.0. The van der Waals surface area contributed by atoms with Crippen molar-refractivity contribution in [2.24, 2.45) is 0 Å². The molecule has 120 valence electrons. The SMILES string of the molecule is CNCCCN(C)S(=O)(=O)NCCN(C)C1CCCC1. The third-order valence-electron chi connectivity index (χ3n) is 4.01. The number of nitrogens with one attached hydrogen (secondary N) is 2. The minimum absolute atomic E-state index is 0.478. The van der Waals surface area contributed by atoms with Crippen molar-refractivity contribution in [1.82, 2.24) is 19.2 Å². The second kappa shape index (κ2) is 8.94. The van der Waals surface area contributed by atoms with Gasteiger partial charge in [-0.15, -0.1) is 0 Å². The maximum absolute atomic E-state index is 12.0. The molecular formula is C13H30N4O2S. The van der Waals surface area contributed by atoms with Crippen molar-refractivity contribution in [1.29, 1.82) is 0 Å². The largest absolute Gasteiger partial charge is 0.320 e. The van der Waals surface area contributed by atoms with Crippen molar-refractivity contribution in [2.75, 3.05) is 47.3 Å². The van der Waals surface area contributed by atoms with Crippen LogP contribution in [0.5, 0.6) is 0 Å². The molecule has 1 aliphatic carbocycles. The van der Waals surface area contributed by atoms with Gasteiger partial charge in [0.2, 0.25) is 0 Å². The van der Waals surface area contributed by atoms with Gasteiger partial charge in [0.05, 0.1) is 0 Å². The van der Waals surface area contributed by atoms with Crippen LogP contribution in [0.15, 0.2) is 0 Å². The Morgan fingerprint density at radius 3 is 2.35 bits per heavy atom. The predicted molar refractivity (Wildman–Crippen MR) is 83.0 cm³/mol.